The maximum atomic E-state index is 5.82. The third kappa shape index (κ3) is 2.89. The quantitative estimate of drug-likeness (QED) is 0.832. The highest BCUT2D eigenvalue weighted by atomic mass is 16.5. The summed E-state index contributed by atoms with van der Waals surface area (Å²) in [6, 6.07) is 1.38. The summed E-state index contributed by atoms with van der Waals surface area (Å²) in [5.41, 5.74) is 0. The zero-order valence-corrected chi connectivity index (χ0v) is 12.5. The average Bonchev–Trinajstić information content (AvgIpc) is 2.82. The number of hydrogen-bond donors (Lipinski definition) is 1. The van der Waals surface area contributed by atoms with Crippen LogP contribution < -0.4 is 5.32 Å². The van der Waals surface area contributed by atoms with E-state index in [1.807, 2.05) is 0 Å². The molecule has 3 nitrogen and oxygen atoms in total. The van der Waals surface area contributed by atoms with Crippen molar-refractivity contribution in [3.8, 4) is 0 Å². The molecule has 0 aliphatic carbocycles. The Balaban J connectivity index is 1.90. The Bertz CT molecular complexity index is 259. The summed E-state index contributed by atoms with van der Waals surface area (Å²) in [7, 11) is 2.10. The molecule has 106 valence electrons. The largest absolute Gasteiger partial charge is 0.378 e. The van der Waals surface area contributed by atoms with Crippen LogP contribution in [0.2, 0.25) is 0 Å². The molecule has 0 aromatic rings. The van der Waals surface area contributed by atoms with Crippen LogP contribution in [0.3, 0.4) is 0 Å². The van der Waals surface area contributed by atoms with Crippen LogP contribution in [0.15, 0.2) is 0 Å². The fourth-order valence-electron chi connectivity index (χ4n) is 3.76. The predicted molar refractivity (Wildman–Crippen MR) is 75.8 cm³/mol. The maximum Gasteiger partial charge on any atom is 0.0613 e. The summed E-state index contributed by atoms with van der Waals surface area (Å²) in [6.07, 6.45) is 4.22. The van der Waals surface area contributed by atoms with Gasteiger partial charge in [0, 0.05) is 25.2 Å². The first-order valence-electron chi connectivity index (χ1n) is 7.70. The molecule has 0 bridgehead atoms. The minimum absolute atomic E-state index is 0.509. The highest BCUT2D eigenvalue weighted by molar-refractivity contribution is 4.90. The van der Waals surface area contributed by atoms with E-state index in [0.29, 0.717) is 18.2 Å². The van der Waals surface area contributed by atoms with E-state index in [9.17, 15) is 0 Å². The normalized spacial score (nSPS) is 42.3. The number of nitrogens with one attached hydrogen (secondary N) is 1. The van der Waals surface area contributed by atoms with Crippen molar-refractivity contribution in [1.82, 2.24) is 10.2 Å². The van der Waals surface area contributed by atoms with Gasteiger partial charge in [-0.2, -0.15) is 0 Å². The lowest BCUT2D eigenvalue weighted by Crippen LogP contribution is -2.54. The predicted octanol–water partition coefficient (Wildman–Crippen LogP) is 2.12. The molecule has 0 saturated carbocycles. The van der Waals surface area contributed by atoms with Gasteiger partial charge in [0.2, 0.25) is 0 Å². The summed E-state index contributed by atoms with van der Waals surface area (Å²) in [6.45, 7) is 10.5. The van der Waals surface area contributed by atoms with E-state index in [1.165, 1.54) is 32.4 Å². The molecule has 2 aliphatic heterocycles. The Labute approximate surface area is 112 Å². The van der Waals surface area contributed by atoms with Crippen molar-refractivity contribution in [3.05, 3.63) is 0 Å². The summed E-state index contributed by atoms with van der Waals surface area (Å²) in [5.74, 6) is 1.50. The first kappa shape index (κ1) is 14.3. The van der Waals surface area contributed by atoms with E-state index in [1.54, 1.807) is 0 Å². The molecule has 0 aromatic carbocycles. The summed E-state index contributed by atoms with van der Waals surface area (Å²) in [5, 5.41) is 3.47. The Morgan fingerprint density at radius 3 is 2.72 bits per heavy atom. The molecule has 5 unspecified atom stereocenters. The zero-order valence-electron chi connectivity index (χ0n) is 12.5. The third-order valence-corrected chi connectivity index (χ3v) is 5.29. The SMILES string of the molecule is CCC1OCCC1CN1CCC(NC)C(C)C1C. The first-order valence-corrected chi connectivity index (χ1v) is 7.70. The molecule has 2 fully saturated rings. The number of hydrogen-bond acceptors (Lipinski definition) is 3. The van der Waals surface area contributed by atoms with Gasteiger partial charge in [0.1, 0.15) is 0 Å². The van der Waals surface area contributed by atoms with Gasteiger partial charge >= 0.3 is 0 Å². The molecule has 2 rings (SSSR count). The third-order valence-electron chi connectivity index (χ3n) is 5.29. The molecular formula is C15H30N2O. The van der Waals surface area contributed by atoms with E-state index >= 15 is 0 Å². The smallest absolute Gasteiger partial charge is 0.0613 e. The highest BCUT2D eigenvalue weighted by Gasteiger charge is 2.35. The molecular weight excluding hydrogens is 224 g/mol. The second kappa shape index (κ2) is 6.36. The van der Waals surface area contributed by atoms with Gasteiger partial charge in [0.15, 0.2) is 0 Å². The molecule has 0 amide bonds. The van der Waals surface area contributed by atoms with Crippen molar-refractivity contribution < 1.29 is 4.74 Å². The van der Waals surface area contributed by atoms with Crippen LogP contribution in [-0.2, 0) is 4.74 Å². The van der Waals surface area contributed by atoms with Crippen LogP contribution in [0.1, 0.15) is 40.0 Å². The van der Waals surface area contributed by atoms with Crippen molar-refractivity contribution in [2.24, 2.45) is 11.8 Å². The molecule has 2 saturated heterocycles. The second-order valence-electron chi connectivity index (χ2n) is 6.14. The van der Waals surface area contributed by atoms with Gasteiger partial charge in [0.25, 0.3) is 0 Å². The lowest BCUT2D eigenvalue weighted by atomic mass is 9.86. The van der Waals surface area contributed by atoms with E-state index < -0.39 is 0 Å². The number of piperidine rings is 1. The number of nitrogens with zero attached hydrogens (tertiary/aromatic N) is 1. The maximum absolute atomic E-state index is 5.82. The molecule has 0 aromatic heterocycles. The van der Waals surface area contributed by atoms with E-state index in [2.05, 4.69) is 38.0 Å². The number of rotatable bonds is 4. The van der Waals surface area contributed by atoms with Gasteiger partial charge < -0.3 is 10.1 Å². The van der Waals surface area contributed by atoms with Gasteiger partial charge in [-0.1, -0.05) is 13.8 Å². The fraction of sp³-hybridized carbons (Fsp3) is 1.00. The molecule has 0 radical (unpaired) electrons. The Morgan fingerprint density at radius 1 is 1.28 bits per heavy atom. The van der Waals surface area contributed by atoms with Crippen LogP contribution in [0.25, 0.3) is 0 Å². The standard InChI is InChI=1S/C15H30N2O/c1-5-15-13(7-9-18-15)10-17-8-6-14(16-4)11(2)12(17)3/h11-16H,5-10H2,1-4H3. The molecule has 5 atom stereocenters. The lowest BCUT2D eigenvalue weighted by Gasteiger charge is -2.44. The van der Waals surface area contributed by atoms with E-state index in [-0.39, 0.29) is 0 Å². The summed E-state index contributed by atoms with van der Waals surface area (Å²) >= 11 is 0. The Hall–Kier alpha value is -0.120. The topological polar surface area (TPSA) is 24.5 Å². The molecule has 3 heteroatoms. The minimum atomic E-state index is 0.509. The first-order chi connectivity index (χ1) is 8.67. The number of likely N-dealkylation sites (tertiary alicyclic amines) is 1. The van der Waals surface area contributed by atoms with Crippen LogP contribution in [0, 0.1) is 11.8 Å². The van der Waals surface area contributed by atoms with Crippen LogP contribution in [-0.4, -0.2) is 49.8 Å². The zero-order chi connectivity index (χ0) is 13.1. The monoisotopic (exact) mass is 254 g/mol. The van der Waals surface area contributed by atoms with Gasteiger partial charge in [-0.15, -0.1) is 0 Å². The Kier molecular flexibility index (Phi) is 5.05. The van der Waals surface area contributed by atoms with Crippen molar-refractivity contribution in [3.63, 3.8) is 0 Å². The fourth-order valence-corrected chi connectivity index (χ4v) is 3.76. The summed E-state index contributed by atoms with van der Waals surface area (Å²) in [4.78, 5) is 2.69. The summed E-state index contributed by atoms with van der Waals surface area (Å²) < 4.78 is 5.82. The van der Waals surface area contributed by atoms with Gasteiger partial charge in [-0.3, -0.25) is 4.90 Å². The molecule has 18 heavy (non-hydrogen) atoms. The van der Waals surface area contributed by atoms with E-state index in [4.69, 9.17) is 4.74 Å². The lowest BCUT2D eigenvalue weighted by molar-refractivity contribution is 0.0415. The molecule has 2 aliphatic rings. The van der Waals surface area contributed by atoms with Gasteiger partial charge in [0.05, 0.1) is 6.10 Å². The van der Waals surface area contributed by atoms with Crippen molar-refractivity contribution in [2.45, 2.75) is 58.2 Å². The minimum Gasteiger partial charge on any atom is -0.378 e. The Morgan fingerprint density at radius 2 is 2.06 bits per heavy atom. The highest BCUT2D eigenvalue weighted by Crippen LogP contribution is 2.29. The van der Waals surface area contributed by atoms with Gasteiger partial charge in [-0.05, 0) is 51.6 Å². The molecule has 0 spiro atoms. The van der Waals surface area contributed by atoms with Crippen LogP contribution in [0.4, 0.5) is 0 Å². The van der Waals surface area contributed by atoms with Crippen LogP contribution >= 0.6 is 0 Å². The van der Waals surface area contributed by atoms with Crippen molar-refractivity contribution in [1.29, 1.82) is 0 Å². The number of ether oxygens (including phenoxy) is 1. The van der Waals surface area contributed by atoms with Crippen LogP contribution in [0.5, 0.6) is 0 Å². The van der Waals surface area contributed by atoms with Crippen molar-refractivity contribution in [2.75, 3.05) is 26.7 Å². The second-order valence-corrected chi connectivity index (χ2v) is 6.14. The average molecular weight is 254 g/mol. The van der Waals surface area contributed by atoms with Crippen molar-refractivity contribution >= 4 is 0 Å². The van der Waals surface area contributed by atoms with Gasteiger partial charge in [-0.25, -0.2) is 0 Å². The molecule has 2 heterocycles. The molecule has 1 N–H and O–H groups in total. The van der Waals surface area contributed by atoms with E-state index in [0.717, 1.165) is 18.4 Å².